The van der Waals surface area contributed by atoms with Gasteiger partial charge in [-0.15, -0.1) is 0 Å². The summed E-state index contributed by atoms with van der Waals surface area (Å²) in [7, 11) is 1.99. The molecular weight excluding hydrogens is 231 g/mol. The molecule has 2 aliphatic rings. The van der Waals surface area contributed by atoms with Crippen LogP contribution in [-0.2, 0) is 0 Å². The van der Waals surface area contributed by atoms with Gasteiger partial charge in [0.15, 0.2) is 0 Å². The zero-order valence-corrected chi connectivity index (χ0v) is 10.4. The molecule has 2 aliphatic heterocycles. The molecule has 2 N–H and O–H groups in total. The molecule has 18 heavy (non-hydrogen) atoms. The molecule has 1 fully saturated rings. The van der Waals surface area contributed by atoms with E-state index in [9.17, 15) is 4.39 Å². The second-order valence-electron chi connectivity index (χ2n) is 4.79. The summed E-state index contributed by atoms with van der Waals surface area (Å²) in [5.74, 6) is 0.741. The van der Waals surface area contributed by atoms with Crippen LogP contribution in [0.4, 0.5) is 10.2 Å². The molecule has 1 saturated heterocycles. The molecule has 0 spiro atoms. The molecule has 96 valence electrons. The van der Waals surface area contributed by atoms with Crippen molar-refractivity contribution in [2.75, 3.05) is 25.5 Å². The van der Waals surface area contributed by atoms with Gasteiger partial charge in [-0.3, -0.25) is 0 Å². The summed E-state index contributed by atoms with van der Waals surface area (Å²) in [6.45, 7) is 1.40. The molecule has 3 heterocycles. The van der Waals surface area contributed by atoms with E-state index < -0.39 is 6.17 Å². The van der Waals surface area contributed by atoms with Crippen molar-refractivity contribution in [2.24, 2.45) is 0 Å². The van der Waals surface area contributed by atoms with Crippen molar-refractivity contribution < 1.29 is 4.39 Å². The second kappa shape index (κ2) is 4.57. The summed E-state index contributed by atoms with van der Waals surface area (Å²) < 4.78 is 13.7. The van der Waals surface area contributed by atoms with E-state index in [0.717, 1.165) is 23.8 Å². The van der Waals surface area contributed by atoms with E-state index in [1.54, 1.807) is 0 Å². The Labute approximate surface area is 106 Å². The maximum Gasteiger partial charge on any atom is 0.127 e. The highest BCUT2D eigenvalue weighted by atomic mass is 19.1. The van der Waals surface area contributed by atoms with Crippen LogP contribution < -0.4 is 10.6 Å². The summed E-state index contributed by atoms with van der Waals surface area (Å²) in [6, 6.07) is 5.61. The van der Waals surface area contributed by atoms with E-state index in [0.29, 0.717) is 13.0 Å². The van der Waals surface area contributed by atoms with Gasteiger partial charge in [-0.05, 0) is 25.1 Å². The Kier molecular flexibility index (Phi) is 2.91. The molecule has 0 amide bonds. The lowest BCUT2D eigenvalue weighted by Crippen LogP contribution is -2.46. The van der Waals surface area contributed by atoms with Gasteiger partial charge in [0.25, 0.3) is 0 Å². The number of aromatic nitrogens is 1. The largest absolute Gasteiger partial charge is 0.363 e. The average molecular weight is 248 g/mol. The molecule has 0 radical (unpaired) electrons. The smallest absolute Gasteiger partial charge is 0.127 e. The van der Waals surface area contributed by atoms with Gasteiger partial charge < -0.3 is 15.5 Å². The maximum atomic E-state index is 13.7. The Morgan fingerprint density at radius 2 is 2.33 bits per heavy atom. The van der Waals surface area contributed by atoms with Crippen LogP contribution in [0, 0.1) is 0 Å². The van der Waals surface area contributed by atoms with E-state index in [2.05, 4.69) is 15.6 Å². The van der Waals surface area contributed by atoms with Crippen LogP contribution in [0.15, 0.2) is 24.4 Å². The van der Waals surface area contributed by atoms with Crippen LogP contribution in [0.2, 0.25) is 0 Å². The van der Waals surface area contributed by atoms with Crippen LogP contribution in [0.1, 0.15) is 12.1 Å². The quantitative estimate of drug-likeness (QED) is 0.849. The van der Waals surface area contributed by atoms with Gasteiger partial charge in [0.05, 0.1) is 17.4 Å². The van der Waals surface area contributed by atoms with E-state index in [4.69, 9.17) is 0 Å². The number of anilines is 1. The Morgan fingerprint density at radius 3 is 3.06 bits per heavy atom. The molecule has 2 atom stereocenters. The van der Waals surface area contributed by atoms with E-state index >= 15 is 0 Å². The van der Waals surface area contributed by atoms with E-state index in [-0.39, 0.29) is 6.04 Å². The molecular formula is C13H17FN4. The average Bonchev–Trinajstić information content (AvgIpc) is 3.10. The van der Waals surface area contributed by atoms with Crippen LogP contribution in [0.25, 0.3) is 5.70 Å². The van der Waals surface area contributed by atoms with Crippen molar-refractivity contribution in [3.63, 3.8) is 0 Å². The molecule has 3 rings (SSSR count). The molecule has 0 aliphatic carbocycles. The van der Waals surface area contributed by atoms with Gasteiger partial charge in [-0.2, -0.15) is 0 Å². The topological polar surface area (TPSA) is 40.0 Å². The third-order valence-corrected chi connectivity index (χ3v) is 3.37. The van der Waals surface area contributed by atoms with Gasteiger partial charge in [0.1, 0.15) is 12.0 Å². The van der Waals surface area contributed by atoms with Crippen LogP contribution in [0.5, 0.6) is 0 Å². The fraction of sp³-hybridized carbons (Fsp3) is 0.462. The van der Waals surface area contributed by atoms with Gasteiger partial charge >= 0.3 is 0 Å². The monoisotopic (exact) mass is 248 g/mol. The Morgan fingerprint density at radius 1 is 1.50 bits per heavy atom. The lowest BCUT2D eigenvalue weighted by atomic mass is 10.1. The van der Waals surface area contributed by atoms with Crippen LogP contribution >= 0.6 is 0 Å². The summed E-state index contributed by atoms with van der Waals surface area (Å²) in [5.41, 5.74) is 2.05. The third kappa shape index (κ3) is 2.31. The zero-order chi connectivity index (χ0) is 12.5. The first-order valence-corrected chi connectivity index (χ1v) is 6.27. The van der Waals surface area contributed by atoms with Crippen molar-refractivity contribution in [1.82, 2.24) is 15.2 Å². The minimum absolute atomic E-state index is 0.188. The molecule has 4 nitrogen and oxygen atoms in total. The highest BCUT2D eigenvalue weighted by molar-refractivity contribution is 5.72. The van der Waals surface area contributed by atoms with Crippen molar-refractivity contribution >= 4 is 11.5 Å². The van der Waals surface area contributed by atoms with Gasteiger partial charge in [-0.1, -0.05) is 6.07 Å². The number of pyridine rings is 1. The molecule has 0 saturated carbocycles. The van der Waals surface area contributed by atoms with Gasteiger partial charge in [-0.25, -0.2) is 9.37 Å². The lowest BCUT2D eigenvalue weighted by Gasteiger charge is -2.28. The van der Waals surface area contributed by atoms with Crippen molar-refractivity contribution in [1.29, 1.82) is 0 Å². The number of alkyl halides is 1. The number of hydrogen-bond acceptors (Lipinski definition) is 4. The Bertz CT molecular complexity index is 474. The van der Waals surface area contributed by atoms with E-state index in [1.165, 1.54) is 0 Å². The van der Waals surface area contributed by atoms with E-state index in [1.807, 2.05) is 36.3 Å². The molecule has 2 unspecified atom stereocenters. The summed E-state index contributed by atoms with van der Waals surface area (Å²) in [5, 5.41) is 6.37. The van der Waals surface area contributed by atoms with Gasteiger partial charge in [0.2, 0.25) is 0 Å². The number of hydrogen-bond donors (Lipinski definition) is 2. The number of nitrogens with zero attached hydrogens (tertiary/aromatic N) is 2. The fourth-order valence-electron chi connectivity index (χ4n) is 2.22. The molecule has 5 heteroatoms. The molecule has 0 aromatic carbocycles. The predicted molar refractivity (Wildman–Crippen MR) is 69.8 cm³/mol. The van der Waals surface area contributed by atoms with Crippen molar-refractivity contribution in [2.45, 2.75) is 18.6 Å². The third-order valence-electron chi connectivity index (χ3n) is 3.37. The van der Waals surface area contributed by atoms with Crippen molar-refractivity contribution in [3.8, 4) is 0 Å². The highest BCUT2D eigenvalue weighted by Crippen LogP contribution is 2.28. The number of nitrogens with one attached hydrogen (secondary N) is 2. The minimum atomic E-state index is -0.806. The normalized spacial score (nSPS) is 26.8. The van der Waals surface area contributed by atoms with Gasteiger partial charge in [0, 0.05) is 19.8 Å². The second-order valence-corrected chi connectivity index (χ2v) is 4.79. The molecule has 1 aromatic heterocycles. The first-order chi connectivity index (χ1) is 8.74. The standard InChI is InChI=1S/C13H17FN4/c1-18-8-12(18)10-3-2-4-13(16-10)17-11-7-15-6-5-9(11)14/h2-4,8-9,11,15H,5-7H2,1H3,(H,16,17). The fourth-order valence-corrected chi connectivity index (χ4v) is 2.22. The lowest BCUT2D eigenvalue weighted by molar-refractivity contribution is 0.241. The Hall–Kier alpha value is -1.62. The maximum absolute atomic E-state index is 13.7. The number of rotatable bonds is 3. The minimum Gasteiger partial charge on any atom is -0.363 e. The zero-order valence-electron chi connectivity index (χ0n) is 10.4. The van der Waals surface area contributed by atoms with Crippen molar-refractivity contribution in [3.05, 3.63) is 30.1 Å². The first kappa shape index (κ1) is 11.5. The summed E-state index contributed by atoms with van der Waals surface area (Å²) in [6.07, 6.45) is 1.77. The predicted octanol–water partition coefficient (Wildman–Crippen LogP) is 1.44. The molecule has 1 aromatic rings. The molecule has 0 bridgehead atoms. The Balaban J connectivity index is 1.70. The summed E-state index contributed by atoms with van der Waals surface area (Å²) >= 11 is 0. The van der Waals surface area contributed by atoms with Crippen LogP contribution in [0.3, 0.4) is 0 Å². The van der Waals surface area contributed by atoms with Crippen LogP contribution in [-0.4, -0.2) is 42.2 Å². The summed E-state index contributed by atoms with van der Waals surface area (Å²) in [4.78, 5) is 6.52. The number of halogens is 1. The first-order valence-electron chi connectivity index (χ1n) is 6.27. The number of piperidine rings is 1. The highest BCUT2D eigenvalue weighted by Gasteiger charge is 2.25. The SMILES string of the molecule is CN1C=C1c1cccc(NC2CNCCC2F)n1.